The van der Waals surface area contributed by atoms with E-state index in [1.54, 1.807) is 0 Å². The molecule has 1 aromatic heterocycles. The number of hydrogen-bond donors (Lipinski definition) is 1. The van der Waals surface area contributed by atoms with Gasteiger partial charge in [0.25, 0.3) is 6.43 Å². The van der Waals surface area contributed by atoms with E-state index in [1.807, 2.05) is 0 Å². The number of aliphatic carboxylic acids is 1. The summed E-state index contributed by atoms with van der Waals surface area (Å²) < 4.78 is 26.6. The van der Waals surface area contributed by atoms with Crippen molar-refractivity contribution in [3.63, 3.8) is 0 Å². The number of fused-ring (bicyclic) bond motifs is 1. The van der Waals surface area contributed by atoms with Gasteiger partial charge in [-0.05, 0) is 25.7 Å². The lowest BCUT2D eigenvalue weighted by Crippen LogP contribution is -2.15. The lowest BCUT2D eigenvalue weighted by molar-refractivity contribution is -0.137. The van der Waals surface area contributed by atoms with E-state index in [0.717, 1.165) is 12.8 Å². The number of carboxylic acids is 1. The third-order valence-electron chi connectivity index (χ3n) is 2.78. The van der Waals surface area contributed by atoms with E-state index in [9.17, 15) is 13.6 Å². The standard InChI is InChI=1S/C10H12F2N2O2/c11-10(12)9-6-3-1-2-4-7(6)14(13-9)5-8(15)16/h10H,1-5H2,(H,15,16). The highest BCUT2D eigenvalue weighted by Gasteiger charge is 2.26. The van der Waals surface area contributed by atoms with Crippen LogP contribution in [0.2, 0.25) is 0 Å². The average Bonchev–Trinajstić information content (AvgIpc) is 2.57. The molecule has 0 saturated carbocycles. The number of nitrogens with zero attached hydrogens (tertiary/aromatic N) is 2. The maximum atomic E-state index is 12.7. The van der Waals surface area contributed by atoms with E-state index < -0.39 is 12.4 Å². The van der Waals surface area contributed by atoms with Gasteiger partial charge in [0.1, 0.15) is 12.2 Å². The Morgan fingerprint density at radius 2 is 2.12 bits per heavy atom. The van der Waals surface area contributed by atoms with Crippen molar-refractivity contribution < 1.29 is 18.7 Å². The number of carbonyl (C=O) groups is 1. The molecule has 1 N–H and O–H groups in total. The molecule has 0 bridgehead atoms. The minimum atomic E-state index is -2.62. The molecule has 1 aliphatic rings. The Bertz CT molecular complexity index is 415. The molecule has 0 amide bonds. The molecule has 2 rings (SSSR count). The quantitative estimate of drug-likeness (QED) is 0.861. The summed E-state index contributed by atoms with van der Waals surface area (Å²) in [6, 6.07) is 0. The van der Waals surface area contributed by atoms with Gasteiger partial charge in [-0.15, -0.1) is 0 Å². The predicted molar refractivity (Wildman–Crippen MR) is 51.5 cm³/mol. The number of halogens is 2. The molecule has 0 aliphatic heterocycles. The summed E-state index contributed by atoms with van der Waals surface area (Å²) in [4.78, 5) is 10.6. The van der Waals surface area contributed by atoms with Crippen LogP contribution < -0.4 is 0 Å². The first-order chi connectivity index (χ1) is 7.59. The van der Waals surface area contributed by atoms with Gasteiger partial charge in [-0.1, -0.05) is 0 Å². The summed E-state index contributed by atoms with van der Waals surface area (Å²) in [5, 5.41) is 12.4. The maximum Gasteiger partial charge on any atom is 0.325 e. The highest BCUT2D eigenvalue weighted by Crippen LogP contribution is 2.30. The summed E-state index contributed by atoms with van der Waals surface area (Å²) in [5.74, 6) is -1.06. The molecule has 16 heavy (non-hydrogen) atoms. The first-order valence-electron chi connectivity index (χ1n) is 5.18. The minimum Gasteiger partial charge on any atom is -0.480 e. The number of hydrogen-bond acceptors (Lipinski definition) is 2. The molecule has 0 atom stereocenters. The normalized spacial score (nSPS) is 15.2. The topological polar surface area (TPSA) is 55.1 Å². The van der Waals surface area contributed by atoms with Crippen LogP contribution in [0.15, 0.2) is 0 Å². The van der Waals surface area contributed by atoms with Gasteiger partial charge in [-0.2, -0.15) is 5.10 Å². The summed E-state index contributed by atoms with van der Waals surface area (Å²) in [7, 11) is 0. The van der Waals surface area contributed by atoms with E-state index in [1.165, 1.54) is 4.68 Å². The van der Waals surface area contributed by atoms with Crippen LogP contribution in [-0.4, -0.2) is 20.9 Å². The van der Waals surface area contributed by atoms with Crippen molar-refractivity contribution in [3.05, 3.63) is 17.0 Å². The Labute approximate surface area is 90.9 Å². The molecular formula is C10H12F2N2O2. The monoisotopic (exact) mass is 230 g/mol. The fraction of sp³-hybridized carbons (Fsp3) is 0.600. The van der Waals surface area contributed by atoms with Gasteiger partial charge in [0, 0.05) is 11.3 Å². The average molecular weight is 230 g/mol. The van der Waals surface area contributed by atoms with Crippen molar-refractivity contribution in [2.75, 3.05) is 0 Å². The number of aromatic nitrogens is 2. The van der Waals surface area contributed by atoms with Gasteiger partial charge in [0.15, 0.2) is 0 Å². The fourth-order valence-electron chi connectivity index (χ4n) is 2.14. The first kappa shape index (κ1) is 11.0. The van der Waals surface area contributed by atoms with Crippen LogP contribution in [0.1, 0.15) is 36.2 Å². The van der Waals surface area contributed by atoms with Crippen LogP contribution in [0.5, 0.6) is 0 Å². The minimum absolute atomic E-state index is 0.240. The molecule has 0 fully saturated rings. The maximum absolute atomic E-state index is 12.7. The molecule has 88 valence electrons. The second-order valence-corrected chi connectivity index (χ2v) is 3.87. The molecule has 1 aromatic rings. The molecule has 0 spiro atoms. The molecular weight excluding hydrogens is 218 g/mol. The summed E-state index contributed by atoms with van der Waals surface area (Å²) in [6.07, 6.45) is 0.366. The van der Waals surface area contributed by atoms with Crippen molar-refractivity contribution in [1.29, 1.82) is 0 Å². The highest BCUT2D eigenvalue weighted by atomic mass is 19.3. The Morgan fingerprint density at radius 3 is 2.75 bits per heavy atom. The van der Waals surface area contributed by atoms with Gasteiger partial charge in [-0.3, -0.25) is 9.48 Å². The number of alkyl halides is 2. The number of carboxylic acid groups (broad SMARTS) is 1. The van der Waals surface area contributed by atoms with Gasteiger partial charge >= 0.3 is 5.97 Å². The SMILES string of the molecule is O=C(O)Cn1nc(C(F)F)c2c1CCCC2. The molecule has 4 nitrogen and oxygen atoms in total. The van der Waals surface area contributed by atoms with Crippen LogP contribution >= 0.6 is 0 Å². The zero-order valence-corrected chi connectivity index (χ0v) is 8.62. The van der Waals surface area contributed by atoms with Gasteiger partial charge in [0.05, 0.1) is 0 Å². The summed E-state index contributed by atoms with van der Waals surface area (Å²) in [6.45, 7) is -0.338. The summed E-state index contributed by atoms with van der Waals surface area (Å²) in [5.41, 5.74) is 0.988. The highest BCUT2D eigenvalue weighted by molar-refractivity contribution is 5.66. The van der Waals surface area contributed by atoms with Crippen molar-refractivity contribution in [2.24, 2.45) is 0 Å². The fourth-order valence-corrected chi connectivity index (χ4v) is 2.14. The second kappa shape index (κ2) is 4.19. The first-order valence-corrected chi connectivity index (χ1v) is 5.18. The molecule has 0 unspecified atom stereocenters. The Morgan fingerprint density at radius 1 is 1.44 bits per heavy atom. The van der Waals surface area contributed by atoms with E-state index in [0.29, 0.717) is 24.1 Å². The lowest BCUT2D eigenvalue weighted by Gasteiger charge is -2.13. The van der Waals surface area contributed by atoms with E-state index in [4.69, 9.17) is 5.11 Å². The van der Waals surface area contributed by atoms with Gasteiger partial charge in [-0.25, -0.2) is 8.78 Å². The zero-order chi connectivity index (χ0) is 11.7. The van der Waals surface area contributed by atoms with E-state index in [2.05, 4.69) is 5.10 Å². The van der Waals surface area contributed by atoms with Gasteiger partial charge in [0.2, 0.25) is 0 Å². The third kappa shape index (κ3) is 1.91. The van der Waals surface area contributed by atoms with Crippen LogP contribution in [0, 0.1) is 0 Å². The third-order valence-corrected chi connectivity index (χ3v) is 2.78. The van der Waals surface area contributed by atoms with Crippen molar-refractivity contribution in [3.8, 4) is 0 Å². The van der Waals surface area contributed by atoms with E-state index in [-0.39, 0.29) is 12.2 Å². The molecule has 0 saturated heterocycles. The smallest absolute Gasteiger partial charge is 0.325 e. The second-order valence-electron chi connectivity index (χ2n) is 3.87. The van der Waals surface area contributed by atoms with Crippen molar-refractivity contribution in [1.82, 2.24) is 9.78 Å². The zero-order valence-electron chi connectivity index (χ0n) is 8.62. The van der Waals surface area contributed by atoms with Gasteiger partial charge < -0.3 is 5.11 Å². The van der Waals surface area contributed by atoms with Crippen LogP contribution in [0.3, 0.4) is 0 Å². The van der Waals surface area contributed by atoms with Crippen LogP contribution in [-0.2, 0) is 24.2 Å². The lowest BCUT2D eigenvalue weighted by atomic mass is 9.96. The Kier molecular flexibility index (Phi) is 2.89. The van der Waals surface area contributed by atoms with Crippen LogP contribution in [0.4, 0.5) is 8.78 Å². The predicted octanol–water partition coefficient (Wildman–Crippen LogP) is 1.78. The molecule has 0 aromatic carbocycles. The number of rotatable bonds is 3. The van der Waals surface area contributed by atoms with E-state index >= 15 is 0 Å². The Hall–Kier alpha value is -1.46. The van der Waals surface area contributed by atoms with Crippen molar-refractivity contribution >= 4 is 5.97 Å². The molecule has 1 aliphatic carbocycles. The molecule has 1 heterocycles. The largest absolute Gasteiger partial charge is 0.480 e. The van der Waals surface area contributed by atoms with Crippen LogP contribution in [0.25, 0.3) is 0 Å². The summed E-state index contributed by atoms with van der Waals surface area (Å²) >= 11 is 0. The Balaban J connectivity index is 2.41. The molecule has 6 heteroatoms. The van der Waals surface area contributed by atoms with Crippen molar-refractivity contribution in [2.45, 2.75) is 38.7 Å². The molecule has 0 radical (unpaired) electrons.